The number of aromatic amines is 1. The molecule has 1 heterocycles. The number of sulfonamides is 1. The van der Waals surface area contributed by atoms with Crippen LogP contribution in [-0.2, 0) is 21.0 Å². The summed E-state index contributed by atoms with van der Waals surface area (Å²) in [6.07, 6.45) is -3.36. The molecular weight excluding hydrogens is 315 g/mol. The monoisotopic (exact) mass is 327 g/mol. The second-order valence-corrected chi connectivity index (χ2v) is 6.29. The van der Waals surface area contributed by atoms with E-state index in [0.29, 0.717) is 16.6 Å². The molecule has 118 valence electrons. The maximum Gasteiger partial charge on any atom is 0.417 e. The van der Waals surface area contributed by atoms with E-state index in [1.807, 2.05) is 10.3 Å². The van der Waals surface area contributed by atoms with E-state index in [1.165, 1.54) is 0 Å². The third-order valence-corrected chi connectivity index (χ3v) is 3.70. The van der Waals surface area contributed by atoms with Crippen LogP contribution in [0.5, 0.6) is 0 Å². The number of hydrogen-bond donors (Lipinski definition) is 2. The van der Waals surface area contributed by atoms with Gasteiger partial charge in [-0.3, -0.25) is 9.59 Å². The van der Waals surface area contributed by atoms with Crippen LogP contribution in [-0.4, -0.2) is 43.5 Å². The van der Waals surface area contributed by atoms with Crippen molar-refractivity contribution in [2.24, 2.45) is 0 Å². The summed E-state index contributed by atoms with van der Waals surface area (Å²) < 4.78 is 60.3. The lowest BCUT2D eigenvalue weighted by molar-refractivity contribution is -0.137. The first-order chi connectivity index (χ1) is 9.41. The van der Waals surface area contributed by atoms with Gasteiger partial charge in [-0.2, -0.15) is 17.5 Å². The Morgan fingerprint density at radius 2 is 2.00 bits per heavy atom. The van der Waals surface area contributed by atoms with Crippen LogP contribution in [0.25, 0.3) is 0 Å². The highest BCUT2D eigenvalue weighted by molar-refractivity contribution is 7.88. The molecule has 0 aliphatic rings. The van der Waals surface area contributed by atoms with Crippen LogP contribution in [0.4, 0.5) is 18.9 Å². The van der Waals surface area contributed by atoms with Crippen molar-refractivity contribution >= 4 is 21.6 Å². The molecule has 0 aliphatic carbocycles. The fraction of sp³-hybridized carbons (Fsp3) is 0.400. The van der Waals surface area contributed by atoms with Crippen molar-refractivity contribution in [1.82, 2.24) is 9.29 Å². The van der Waals surface area contributed by atoms with Gasteiger partial charge in [0.25, 0.3) is 5.56 Å². The van der Waals surface area contributed by atoms with Gasteiger partial charge in [-0.25, -0.2) is 8.42 Å². The lowest BCUT2D eigenvalue weighted by Gasteiger charge is -2.14. The highest BCUT2D eigenvalue weighted by Crippen LogP contribution is 2.29. The van der Waals surface area contributed by atoms with Gasteiger partial charge in [0.05, 0.1) is 18.4 Å². The van der Waals surface area contributed by atoms with Gasteiger partial charge in [0.15, 0.2) is 0 Å². The first-order valence-corrected chi connectivity index (χ1v) is 7.27. The number of alkyl halides is 3. The second kappa shape index (κ2) is 5.85. The first kappa shape index (κ1) is 17.2. The minimum absolute atomic E-state index is 0.469. The van der Waals surface area contributed by atoms with Crippen molar-refractivity contribution in [2.45, 2.75) is 6.18 Å². The molecule has 21 heavy (non-hydrogen) atoms. The van der Waals surface area contributed by atoms with Gasteiger partial charge in [0, 0.05) is 13.2 Å². The van der Waals surface area contributed by atoms with Crippen molar-refractivity contribution in [1.29, 1.82) is 0 Å². The minimum Gasteiger partial charge on any atom is -0.327 e. The number of anilines is 1. The molecule has 1 aromatic heterocycles. The normalized spacial score (nSPS) is 12.5. The number of aromatic nitrogens is 1. The van der Waals surface area contributed by atoms with E-state index in [2.05, 4.69) is 0 Å². The van der Waals surface area contributed by atoms with E-state index in [1.54, 1.807) is 0 Å². The Hall–Kier alpha value is -1.88. The lowest BCUT2D eigenvalue weighted by atomic mass is 10.2. The van der Waals surface area contributed by atoms with Gasteiger partial charge in [-0.15, -0.1) is 0 Å². The number of carbonyl (C=O) groups is 1. The number of halogens is 3. The van der Waals surface area contributed by atoms with Gasteiger partial charge >= 0.3 is 6.18 Å². The quantitative estimate of drug-likeness (QED) is 0.826. The number of carbonyl (C=O) groups excluding carboxylic acids is 1. The number of rotatable bonds is 4. The Morgan fingerprint density at radius 3 is 2.48 bits per heavy atom. The van der Waals surface area contributed by atoms with E-state index >= 15 is 0 Å². The molecular formula is C10H12F3N3O4S. The topological polar surface area (TPSA) is 99.3 Å². The van der Waals surface area contributed by atoms with Crippen LogP contribution in [0.1, 0.15) is 5.56 Å². The van der Waals surface area contributed by atoms with Crippen molar-refractivity contribution in [2.75, 3.05) is 25.2 Å². The zero-order valence-electron chi connectivity index (χ0n) is 11.0. The molecule has 0 radical (unpaired) electrons. The zero-order valence-corrected chi connectivity index (χ0v) is 11.8. The highest BCUT2D eigenvalue weighted by Gasteiger charge is 2.31. The predicted molar refractivity (Wildman–Crippen MR) is 68.2 cm³/mol. The molecule has 1 rings (SSSR count). The number of nitrogens with zero attached hydrogens (tertiary/aromatic N) is 1. The zero-order chi connectivity index (χ0) is 16.4. The number of likely N-dealkylation sites (N-methyl/N-ethyl adjacent to an activating group) is 1. The molecule has 7 nitrogen and oxygen atoms in total. The molecule has 0 saturated heterocycles. The summed E-state index contributed by atoms with van der Waals surface area (Å²) in [5, 5.41) is 1.94. The standard InChI is InChI=1S/C10H12F3N3O4S/c1-16(21(2,19)20)5-8(17)15-7-3-6(10(11,12)13)4-14-9(7)18/h3-4H,5H2,1-2H3,(H,14,18)(H,15,17). The van der Waals surface area contributed by atoms with Crippen LogP contribution >= 0.6 is 0 Å². The molecule has 0 aliphatic heterocycles. The van der Waals surface area contributed by atoms with Crippen LogP contribution in [0, 0.1) is 0 Å². The third-order valence-electron chi connectivity index (χ3n) is 2.44. The summed E-state index contributed by atoms with van der Waals surface area (Å²) in [5.74, 6) is -0.937. The van der Waals surface area contributed by atoms with Crippen LogP contribution in [0.15, 0.2) is 17.1 Å². The van der Waals surface area contributed by atoms with Crippen molar-refractivity contribution < 1.29 is 26.4 Å². The Morgan fingerprint density at radius 1 is 1.43 bits per heavy atom. The fourth-order valence-electron chi connectivity index (χ4n) is 1.25. The Labute approximate surface area is 117 Å². The Balaban J connectivity index is 2.93. The van der Waals surface area contributed by atoms with E-state index < -0.39 is 45.5 Å². The Bertz CT molecular complexity index is 696. The maximum atomic E-state index is 12.5. The second-order valence-electron chi connectivity index (χ2n) is 4.20. The lowest BCUT2D eigenvalue weighted by Crippen LogP contribution is -2.35. The number of hydrogen-bond acceptors (Lipinski definition) is 4. The molecule has 1 amide bonds. The van der Waals surface area contributed by atoms with Crippen LogP contribution < -0.4 is 10.9 Å². The van der Waals surface area contributed by atoms with Gasteiger partial charge in [-0.05, 0) is 6.07 Å². The summed E-state index contributed by atoms with van der Waals surface area (Å²) in [4.78, 5) is 24.7. The van der Waals surface area contributed by atoms with Crippen LogP contribution in [0.3, 0.4) is 0 Å². The number of pyridine rings is 1. The van der Waals surface area contributed by atoms with Crippen LogP contribution in [0.2, 0.25) is 0 Å². The summed E-state index contributed by atoms with van der Waals surface area (Å²) in [6.45, 7) is -0.630. The van der Waals surface area contributed by atoms with Gasteiger partial charge in [0.1, 0.15) is 5.69 Å². The maximum absolute atomic E-state index is 12.5. The third kappa shape index (κ3) is 4.86. The van der Waals surface area contributed by atoms with Gasteiger partial charge in [0.2, 0.25) is 15.9 Å². The molecule has 0 saturated carbocycles. The molecule has 0 spiro atoms. The summed E-state index contributed by atoms with van der Waals surface area (Å²) in [5.41, 5.74) is -2.69. The SMILES string of the molecule is CN(CC(=O)Nc1cc(C(F)(F)F)c[nH]c1=O)S(C)(=O)=O. The average molecular weight is 327 g/mol. The van der Waals surface area contributed by atoms with Gasteiger partial charge < -0.3 is 10.3 Å². The minimum atomic E-state index is -4.69. The van der Waals surface area contributed by atoms with E-state index in [-0.39, 0.29) is 0 Å². The molecule has 0 atom stereocenters. The van der Waals surface area contributed by atoms with Crippen molar-refractivity contribution in [3.05, 3.63) is 28.2 Å². The summed E-state index contributed by atoms with van der Waals surface area (Å²) in [7, 11) is -2.51. The van der Waals surface area contributed by atoms with E-state index in [0.717, 1.165) is 13.3 Å². The van der Waals surface area contributed by atoms with E-state index in [9.17, 15) is 31.2 Å². The number of nitrogens with one attached hydrogen (secondary N) is 2. The Kier molecular flexibility index (Phi) is 4.79. The molecule has 0 aromatic carbocycles. The highest BCUT2D eigenvalue weighted by atomic mass is 32.2. The van der Waals surface area contributed by atoms with E-state index in [4.69, 9.17) is 0 Å². The summed E-state index contributed by atoms with van der Waals surface area (Å²) >= 11 is 0. The summed E-state index contributed by atoms with van der Waals surface area (Å²) in [6, 6.07) is 0.469. The molecule has 0 fully saturated rings. The largest absolute Gasteiger partial charge is 0.417 e. The average Bonchev–Trinajstić information content (AvgIpc) is 2.29. The molecule has 2 N–H and O–H groups in total. The predicted octanol–water partition coefficient (Wildman–Crippen LogP) is 0.224. The molecule has 0 unspecified atom stereocenters. The molecule has 11 heteroatoms. The molecule has 0 bridgehead atoms. The fourth-order valence-corrected chi connectivity index (χ4v) is 1.60. The van der Waals surface area contributed by atoms with Gasteiger partial charge in [-0.1, -0.05) is 0 Å². The first-order valence-electron chi connectivity index (χ1n) is 5.42. The number of H-pyrrole nitrogens is 1. The van der Waals surface area contributed by atoms with Crippen molar-refractivity contribution in [3.8, 4) is 0 Å². The van der Waals surface area contributed by atoms with Crippen molar-refractivity contribution in [3.63, 3.8) is 0 Å². The smallest absolute Gasteiger partial charge is 0.327 e. The molecule has 1 aromatic rings. The number of amides is 1.